The zero-order valence-corrected chi connectivity index (χ0v) is 13.0. The fraction of sp³-hybridized carbons (Fsp3) is 1.00. The van der Waals surface area contributed by atoms with E-state index in [9.17, 15) is 5.11 Å². The molecule has 0 aromatic rings. The van der Waals surface area contributed by atoms with Crippen LogP contribution in [0.15, 0.2) is 0 Å². The Hall–Kier alpha value is 0.460. The quantitative estimate of drug-likeness (QED) is 0.743. The molecule has 1 aliphatic heterocycles. The molecule has 2 rings (SSSR count). The topological polar surface area (TPSA) is 44.3 Å². The lowest BCUT2D eigenvalue weighted by Gasteiger charge is -2.44. The second-order valence-corrected chi connectivity index (χ2v) is 5.82. The Bertz CT molecular complexity index is 217. The van der Waals surface area contributed by atoms with Gasteiger partial charge < -0.3 is 15.7 Å². The van der Waals surface area contributed by atoms with E-state index in [2.05, 4.69) is 24.5 Å². The zero-order valence-electron chi connectivity index (χ0n) is 11.4. The summed E-state index contributed by atoms with van der Waals surface area (Å²) in [6.45, 7) is 6.78. The maximum atomic E-state index is 9.46. The van der Waals surface area contributed by atoms with Gasteiger partial charge in [0.25, 0.3) is 0 Å². The van der Waals surface area contributed by atoms with Crippen molar-refractivity contribution in [2.75, 3.05) is 13.1 Å². The third-order valence-electron chi connectivity index (χ3n) is 4.07. The molecule has 5 heteroatoms. The molecule has 110 valence electrons. The molecule has 1 atom stereocenters. The molecule has 1 aliphatic carbocycles. The largest absolute Gasteiger partial charge is 0.393 e. The molecule has 0 bridgehead atoms. The van der Waals surface area contributed by atoms with E-state index >= 15 is 0 Å². The van der Waals surface area contributed by atoms with E-state index in [0.29, 0.717) is 18.0 Å². The van der Waals surface area contributed by atoms with Crippen LogP contribution < -0.4 is 10.6 Å². The Morgan fingerprint density at radius 3 is 2.06 bits per heavy atom. The molecule has 2 fully saturated rings. The van der Waals surface area contributed by atoms with Gasteiger partial charge in [0.15, 0.2) is 0 Å². The number of piperidine rings is 1. The lowest BCUT2D eigenvalue weighted by atomic mass is 9.71. The number of hydrogen-bond acceptors (Lipinski definition) is 3. The Morgan fingerprint density at radius 2 is 1.61 bits per heavy atom. The van der Waals surface area contributed by atoms with Gasteiger partial charge >= 0.3 is 0 Å². The van der Waals surface area contributed by atoms with Gasteiger partial charge in [-0.1, -0.05) is 13.8 Å². The monoisotopic (exact) mass is 298 g/mol. The van der Waals surface area contributed by atoms with E-state index in [1.165, 1.54) is 12.8 Å². The van der Waals surface area contributed by atoms with Crippen LogP contribution in [0.1, 0.15) is 39.5 Å². The second-order valence-electron chi connectivity index (χ2n) is 5.82. The molecule has 1 saturated heterocycles. The molecule has 0 aromatic carbocycles. The summed E-state index contributed by atoms with van der Waals surface area (Å²) in [5, 5.41) is 16.6. The average Bonchev–Trinajstić information content (AvgIpc) is 2.23. The van der Waals surface area contributed by atoms with Crippen molar-refractivity contribution in [1.82, 2.24) is 10.6 Å². The van der Waals surface area contributed by atoms with Crippen LogP contribution in [0, 0.1) is 11.8 Å². The summed E-state index contributed by atoms with van der Waals surface area (Å²) < 4.78 is 0. The van der Waals surface area contributed by atoms with Crippen molar-refractivity contribution in [3.8, 4) is 0 Å². The third-order valence-corrected chi connectivity index (χ3v) is 4.07. The molecule has 0 aromatic heterocycles. The predicted molar refractivity (Wildman–Crippen MR) is 80.9 cm³/mol. The van der Waals surface area contributed by atoms with Crippen molar-refractivity contribution in [2.45, 2.75) is 57.7 Å². The minimum Gasteiger partial charge on any atom is -0.393 e. The van der Waals surface area contributed by atoms with Crippen molar-refractivity contribution >= 4 is 24.8 Å². The van der Waals surface area contributed by atoms with Crippen LogP contribution in [0.2, 0.25) is 0 Å². The van der Waals surface area contributed by atoms with E-state index < -0.39 is 0 Å². The van der Waals surface area contributed by atoms with E-state index in [0.717, 1.165) is 31.8 Å². The molecular weight excluding hydrogens is 271 g/mol. The molecule has 3 N–H and O–H groups in total. The van der Waals surface area contributed by atoms with Crippen LogP contribution in [-0.4, -0.2) is 36.4 Å². The Morgan fingerprint density at radius 1 is 1.06 bits per heavy atom. The lowest BCUT2D eigenvalue weighted by Crippen LogP contribution is -2.52. The number of aliphatic hydroxyl groups excluding tert-OH is 1. The van der Waals surface area contributed by atoms with Crippen molar-refractivity contribution in [1.29, 1.82) is 0 Å². The van der Waals surface area contributed by atoms with Gasteiger partial charge in [-0.25, -0.2) is 0 Å². The van der Waals surface area contributed by atoms with Gasteiger partial charge in [-0.05, 0) is 50.6 Å². The summed E-state index contributed by atoms with van der Waals surface area (Å²) >= 11 is 0. The molecule has 1 unspecified atom stereocenters. The first kappa shape index (κ1) is 18.5. The first-order chi connectivity index (χ1) is 7.66. The third kappa shape index (κ3) is 4.86. The molecule has 0 amide bonds. The van der Waals surface area contributed by atoms with Gasteiger partial charge in [-0.15, -0.1) is 24.8 Å². The summed E-state index contributed by atoms with van der Waals surface area (Å²) in [4.78, 5) is 0. The van der Waals surface area contributed by atoms with Crippen LogP contribution in [0.5, 0.6) is 0 Å². The summed E-state index contributed by atoms with van der Waals surface area (Å²) in [7, 11) is 0. The van der Waals surface area contributed by atoms with E-state index in [1.54, 1.807) is 0 Å². The number of aliphatic hydroxyl groups is 1. The van der Waals surface area contributed by atoms with Gasteiger partial charge in [0.05, 0.1) is 6.10 Å². The fourth-order valence-corrected chi connectivity index (χ4v) is 3.17. The Kier molecular flexibility index (Phi) is 8.81. The molecule has 0 spiro atoms. The van der Waals surface area contributed by atoms with Gasteiger partial charge in [-0.2, -0.15) is 0 Å². The smallest absolute Gasteiger partial charge is 0.0546 e. The zero-order chi connectivity index (χ0) is 11.5. The summed E-state index contributed by atoms with van der Waals surface area (Å²) in [5.74, 6) is 1.52. The Balaban J connectivity index is 0.00000144. The summed E-state index contributed by atoms with van der Waals surface area (Å²) in [6, 6.07) is 1.18. The van der Waals surface area contributed by atoms with Crippen LogP contribution >= 0.6 is 24.8 Å². The van der Waals surface area contributed by atoms with Gasteiger partial charge in [-0.3, -0.25) is 0 Å². The van der Waals surface area contributed by atoms with Crippen LogP contribution in [0.25, 0.3) is 0 Å². The molecule has 3 nitrogen and oxygen atoms in total. The second kappa shape index (κ2) is 8.60. The molecule has 1 heterocycles. The van der Waals surface area contributed by atoms with Gasteiger partial charge in [0.1, 0.15) is 0 Å². The van der Waals surface area contributed by atoms with Gasteiger partial charge in [0.2, 0.25) is 0 Å². The molecule has 18 heavy (non-hydrogen) atoms. The summed E-state index contributed by atoms with van der Waals surface area (Å²) in [6.07, 6.45) is 4.57. The van der Waals surface area contributed by atoms with Crippen molar-refractivity contribution < 1.29 is 5.11 Å². The highest BCUT2D eigenvalue weighted by Crippen LogP contribution is 2.35. The highest BCUT2D eigenvalue weighted by atomic mass is 35.5. The number of nitrogens with one attached hydrogen (secondary N) is 2. The fourth-order valence-electron chi connectivity index (χ4n) is 3.17. The lowest BCUT2D eigenvalue weighted by molar-refractivity contribution is 0.00710. The number of rotatable bonds is 4. The van der Waals surface area contributed by atoms with Crippen molar-refractivity contribution in [2.24, 2.45) is 11.8 Å². The standard InChI is InChI=1S/C13H26N2O.2ClH/c1-9(2)15-13(11-7-12(16)8-11)10-3-5-14-6-4-10;;/h9-16H,3-8H2,1-2H3;2*1H. The maximum Gasteiger partial charge on any atom is 0.0546 e. The highest BCUT2D eigenvalue weighted by molar-refractivity contribution is 5.85. The highest BCUT2D eigenvalue weighted by Gasteiger charge is 2.38. The van der Waals surface area contributed by atoms with Crippen LogP contribution in [0.4, 0.5) is 0 Å². The SMILES string of the molecule is CC(C)NC(C1CCNCC1)C1CC(O)C1.Cl.Cl. The molecule has 1 saturated carbocycles. The normalized spacial score (nSPS) is 30.0. The van der Waals surface area contributed by atoms with Gasteiger partial charge in [0, 0.05) is 12.1 Å². The maximum absolute atomic E-state index is 9.46. The predicted octanol–water partition coefficient (Wildman–Crippen LogP) is 1.97. The van der Waals surface area contributed by atoms with Crippen LogP contribution in [-0.2, 0) is 0 Å². The first-order valence-electron chi connectivity index (χ1n) is 6.81. The first-order valence-corrected chi connectivity index (χ1v) is 6.81. The van der Waals surface area contributed by atoms with E-state index in [4.69, 9.17) is 0 Å². The van der Waals surface area contributed by atoms with Crippen molar-refractivity contribution in [3.63, 3.8) is 0 Å². The van der Waals surface area contributed by atoms with Crippen molar-refractivity contribution in [3.05, 3.63) is 0 Å². The Labute approximate surface area is 123 Å². The summed E-state index contributed by atoms with van der Waals surface area (Å²) in [5.41, 5.74) is 0. The molecular formula is C13H28Cl2N2O. The van der Waals surface area contributed by atoms with E-state index in [-0.39, 0.29) is 30.9 Å². The van der Waals surface area contributed by atoms with E-state index in [1.807, 2.05) is 0 Å². The number of hydrogen-bond donors (Lipinski definition) is 3. The molecule has 0 radical (unpaired) electrons. The molecule has 2 aliphatic rings. The van der Waals surface area contributed by atoms with Crippen LogP contribution in [0.3, 0.4) is 0 Å². The average molecular weight is 299 g/mol. The minimum atomic E-state index is -0.0248. The number of halogens is 2. The minimum absolute atomic E-state index is 0.